The Balaban J connectivity index is 1.99. The average Bonchev–Trinajstić information content (AvgIpc) is 3.09. The highest BCUT2D eigenvalue weighted by Crippen LogP contribution is 2.52. The van der Waals surface area contributed by atoms with Crippen molar-refractivity contribution in [3.63, 3.8) is 0 Å². The van der Waals surface area contributed by atoms with Crippen LogP contribution in [0.25, 0.3) is 33.1 Å². The molecule has 0 bridgehead atoms. The topological polar surface area (TPSA) is 22.4 Å². The van der Waals surface area contributed by atoms with Gasteiger partial charge < -0.3 is 9.15 Å². The number of ether oxygens (including phenoxy) is 1. The number of methoxy groups -OCH3 is 1. The predicted molar refractivity (Wildman–Crippen MR) is 97.8 cm³/mol. The van der Waals surface area contributed by atoms with E-state index >= 15 is 0 Å². The molecule has 0 amide bonds. The highest BCUT2D eigenvalue weighted by atomic mass is 16.5. The number of hydrogen-bond acceptors (Lipinski definition) is 2. The summed E-state index contributed by atoms with van der Waals surface area (Å²) in [4.78, 5) is 0. The van der Waals surface area contributed by atoms with Crippen molar-refractivity contribution >= 4 is 21.9 Å². The Morgan fingerprint density at radius 1 is 0.875 bits per heavy atom. The second kappa shape index (κ2) is 4.41. The summed E-state index contributed by atoms with van der Waals surface area (Å²) in [5.41, 5.74) is 7.02. The van der Waals surface area contributed by atoms with E-state index in [-0.39, 0.29) is 5.41 Å². The Kier molecular flexibility index (Phi) is 2.52. The molecule has 2 nitrogen and oxygen atoms in total. The lowest BCUT2D eigenvalue weighted by Crippen LogP contribution is -2.14. The number of benzene rings is 3. The van der Waals surface area contributed by atoms with Crippen molar-refractivity contribution in [3.8, 4) is 16.9 Å². The second-order valence-electron chi connectivity index (χ2n) is 6.97. The van der Waals surface area contributed by atoms with E-state index in [1.165, 1.54) is 22.3 Å². The first-order valence-electron chi connectivity index (χ1n) is 8.25. The van der Waals surface area contributed by atoms with E-state index in [1.54, 1.807) is 7.11 Å². The van der Waals surface area contributed by atoms with Crippen LogP contribution in [-0.4, -0.2) is 7.11 Å². The third kappa shape index (κ3) is 1.51. The Labute approximate surface area is 140 Å². The van der Waals surface area contributed by atoms with E-state index in [4.69, 9.17) is 9.15 Å². The zero-order valence-corrected chi connectivity index (χ0v) is 14.0. The van der Waals surface area contributed by atoms with Gasteiger partial charge in [0.15, 0.2) is 0 Å². The van der Waals surface area contributed by atoms with Crippen LogP contribution in [0.3, 0.4) is 0 Å². The minimum atomic E-state index is -0.0107. The normalized spacial score (nSPS) is 14.8. The summed E-state index contributed by atoms with van der Waals surface area (Å²) in [6, 6.07) is 19.0. The molecular weight excluding hydrogens is 296 g/mol. The van der Waals surface area contributed by atoms with Gasteiger partial charge in [0.25, 0.3) is 0 Å². The fourth-order valence-corrected chi connectivity index (χ4v) is 4.21. The van der Waals surface area contributed by atoms with Crippen LogP contribution in [-0.2, 0) is 5.41 Å². The third-order valence-electron chi connectivity index (χ3n) is 5.39. The highest BCUT2D eigenvalue weighted by molar-refractivity contribution is 6.13. The summed E-state index contributed by atoms with van der Waals surface area (Å²) in [6.45, 7) is 4.57. The van der Waals surface area contributed by atoms with Crippen molar-refractivity contribution in [1.29, 1.82) is 0 Å². The van der Waals surface area contributed by atoms with Crippen LogP contribution in [0.4, 0.5) is 0 Å². The van der Waals surface area contributed by atoms with Gasteiger partial charge in [0.2, 0.25) is 0 Å². The molecule has 1 aliphatic carbocycles. The molecule has 2 heteroatoms. The first kappa shape index (κ1) is 13.7. The highest BCUT2D eigenvalue weighted by Gasteiger charge is 2.37. The lowest BCUT2D eigenvalue weighted by atomic mass is 9.82. The van der Waals surface area contributed by atoms with E-state index in [9.17, 15) is 0 Å². The fourth-order valence-electron chi connectivity index (χ4n) is 4.21. The summed E-state index contributed by atoms with van der Waals surface area (Å²) in [6.07, 6.45) is 0. The van der Waals surface area contributed by atoms with Crippen LogP contribution in [0.2, 0.25) is 0 Å². The molecule has 118 valence electrons. The van der Waals surface area contributed by atoms with E-state index in [0.29, 0.717) is 0 Å². The van der Waals surface area contributed by atoms with Gasteiger partial charge in [-0.3, -0.25) is 0 Å². The smallest absolute Gasteiger partial charge is 0.143 e. The Morgan fingerprint density at radius 3 is 2.54 bits per heavy atom. The van der Waals surface area contributed by atoms with Crippen molar-refractivity contribution in [3.05, 3.63) is 65.7 Å². The summed E-state index contributed by atoms with van der Waals surface area (Å²) in [5.74, 6) is 0.858. The maximum atomic E-state index is 6.31. The van der Waals surface area contributed by atoms with Crippen LogP contribution in [0.1, 0.15) is 25.0 Å². The molecule has 0 spiro atoms. The van der Waals surface area contributed by atoms with Gasteiger partial charge in [0, 0.05) is 16.4 Å². The predicted octanol–water partition coefficient (Wildman–Crippen LogP) is 5.90. The van der Waals surface area contributed by atoms with Crippen LogP contribution in [0.15, 0.2) is 59.0 Å². The molecule has 0 saturated carbocycles. The van der Waals surface area contributed by atoms with Crippen molar-refractivity contribution < 1.29 is 9.15 Å². The zero-order valence-electron chi connectivity index (χ0n) is 14.0. The van der Waals surface area contributed by atoms with Crippen LogP contribution < -0.4 is 4.74 Å². The maximum Gasteiger partial charge on any atom is 0.143 e. The lowest BCUT2D eigenvalue weighted by Gasteiger charge is -2.21. The van der Waals surface area contributed by atoms with Crippen LogP contribution in [0.5, 0.6) is 5.75 Å². The number of fused-ring (bicyclic) bond motifs is 7. The van der Waals surface area contributed by atoms with Crippen molar-refractivity contribution in [1.82, 2.24) is 0 Å². The molecule has 0 unspecified atom stereocenters. The number of hydrogen-bond donors (Lipinski definition) is 0. The second-order valence-corrected chi connectivity index (χ2v) is 6.97. The lowest BCUT2D eigenvalue weighted by molar-refractivity contribution is 0.420. The largest absolute Gasteiger partial charge is 0.496 e. The monoisotopic (exact) mass is 314 g/mol. The van der Waals surface area contributed by atoms with Crippen LogP contribution in [0, 0.1) is 0 Å². The molecule has 0 fully saturated rings. The van der Waals surface area contributed by atoms with Gasteiger partial charge in [-0.05, 0) is 34.9 Å². The van der Waals surface area contributed by atoms with Crippen molar-refractivity contribution in [2.24, 2.45) is 0 Å². The fraction of sp³-hybridized carbons (Fsp3) is 0.182. The molecule has 24 heavy (non-hydrogen) atoms. The summed E-state index contributed by atoms with van der Waals surface area (Å²) >= 11 is 0. The number of furan rings is 1. The Morgan fingerprint density at radius 2 is 1.71 bits per heavy atom. The summed E-state index contributed by atoms with van der Waals surface area (Å²) < 4.78 is 11.9. The van der Waals surface area contributed by atoms with Gasteiger partial charge in [-0.2, -0.15) is 0 Å². The molecule has 0 atom stereocenters. The summed E-state index contributed by atoms with van der Waals surface area (Å²) in [7, 11) is 1.71. The van der Waals surface area contributed by atoms with Gasteiger partial charge in [0.05, 0.1) is 12.5 Å². The van der Waals surface area contributed by atoms with Gasteiger partial charge in [0.1, 0.15) is 16.9 Å². The molecule has 0 radical (unpaired) electrons. The van der Waals surface area contributed by atoms with E-state index < -0.39 is 0 Å². The SMILES string of the molecule is COc1cccc2oc3c4c(ccc3c12)C(C)(C)c1ccccc1-4. The molecule has 1 aliphatic rings. The minimum Gasteiger partial charge on any atom is -0.496 e. The molecule has 1 aromatic heterocycles. The van der Waals surface area contributed by atoms with Crippen molar-refractivity contribution in [2.45, 2.75) is 19.3 Å². The molecule has 1 heterocycles. The maximum absolute atomic E-state index is 6.31. The average molecular weight is 314 g/mol. The Bertz CT molecular complexity index is 1120. The molecule has 3 aromatic carbocycles. The molecular formula is C22H18O2. The van der Waals surface area contributed by atoms with Crippen molar-refractivity contribution in [2.75, 3.05) is 7.11 Å². The first-order chi connectivity index (χ1) is 11.6. The van der Waals surface area contributed by atoms with Gasteiger partial charge >= 0.3 is 0 Å². The molecule has 5 rings (SSSR count). The van der Waals surface area contributed by atoms with E-state index in [0.717, 1.165) is 27.7 Å². The standard InChI is InChI=1S/C22H18O2/c1-22(2)15-8-5-4-7-13(15)19-16(22)12-11-14-20-17(23-3)9-6-10-18(20)24-21(14)19/h4-12H,1-3H3. The summed E-state index contributed by atoms with van der Waals surface area (Å²) in [5, 5.41) is 2.17. The quantitative estimate of drug-likeness (QED) is 0.436. The number of rotatable bonds is 1. The minimum absolute atomic E-state index is 0.0107. The molecule has 0 saturated heterocycles. The van der Waals surface area contributed by atoms with Gasteiger partial charge in [-0.15, -0.1) is 0 Å². The van der Waals surface area contributed by atoms with E-state index in [1.807, 2.05) is 18.2 Å². The third-order valence-corrected chi connectivity index (χ3v) is 5.39. The van der Waals surface area contributed by atoms with E-state index in [2.05, 4.69) is 50.2 Å². The van der Waals surface area contributed by atoms with Gasteiger partial charge in [-0.1, -0.05) is 50.2 Å². The van der Waals surface area contributed by atoms with Crippen LogP contribution >= 0.6 is 0 Å². The van der Waals surface area contributed by atoms with Gasteiger partial charge in [-0.25, -0.2) is 0 Å². The molecule has 4 aromatic rings. The molecule has 0 aliphatic heterocycles. The first-order valence-corrected chi connectivity index (χ1v) is 8.25. The zero-order chi connectivity index (χ0) is 16.5. The molecule has 0 N–H and O–H groups in total. The Hall–Kier alpha value is -2.74.